The molecule has 1 spiro atoms. The smallest absolute Gasteiger partial charge is 0.338 e. The number of carbonyl (C=O) groups excluding carboxylic acids is 2. The van der Waals surface area contributed by atoms with E-state index in [1.165, 1.54) is 6.92 Å². The summed E-state index contributed by atoms with van der Waals surface area (Å²) >= 11 is 0. The van der Waals surface area contributed by atoms with Crippen molar-refractivity contribution >= 4 is 11.9 Å². The molecule has 7 bridgehead atoms. The molecule has 3 unspecified atom stereocenters. The molecular formula is C35H49NO9. The van der Waals surface area contributed by atoms with Crippen LogP contribution in [0.15, 0.2) is 24.3 Å². The highest BCUT2D eigenvalue weighted by atomic mass is 16.6. The number of benzene rings is 1. The molecule has 1 aromatic rings. The van der Waals surface area contributed by atoms with Crippen molar-refractivity contribution in [3.8, 4) is 5.75 Å². The first-order valence-corrected chi connectivity index (χ1v) is 16.6. The average molecular weight is 628 g/mol. The van der Waals surface area contributed by atoms with Gasteiger partial charge in [-0.1, -0.05) is 6.92 Å². The van der Waals surface area contributed by atoms with E-state index in [0.717, 1.165) is 32.4 Å². The van der Waals surface area contributed by atoms with Crippen LogP contribution >= 0.6 is 0 Å². The van der Waals surface area contributed by atoms with E-state index in [1.54, 1.807) is 45.6 Å². The van der Waals surface area contributed by atoms with E-state index in [2.05, 4.69) is 11.8 Å². The molecule has 10 heteroatoms. The summed E-state index contributed by atoms with van der Waals surface area (Å²) in [6.45, 7) is 6.11. The van der Waals surface area contributed by atoms with Crippen molar-refractivity contribution in [2.24, 2.45) is 40.4 Å². The van der Waals surface area contributed by atoms with Crippen LogP contribution in [0.3, 0.4) is 0 Å². The topological polar surface area (TPSA) is 102 Å². The van der Waals surface area contributed by atoms with E-state index in [0.29, 0.717) is 24.3 Å². The lowest BCUT2D eigenvalue weighted by atomic mass is 9.43. The number of esters is 2. The third kappa shape index (κ3) is 3.98. The van der Waals surface area contributed by atoms with Crippen molar-refractivity contribution in [1.82, 2.24) is 4.90 Å². The third-order valence-corrected chi connectivity index (χ3v) is 13.2. The molecule has 248 valence electrons. The van der Waals surface area contributed by atoms with Crippen molar-refractivity contribution in [3.63, 3.8) is 0 Å². The average Bonchev–Trinajstić information content (AvgIpc) is 3.46. The number of rotatable bonds is 10. The van der Waals surface area contributed by atoms with E-state index in [-0.39, 0.29) is 70.7 Å². The Kier molecular flexibility index (Phi) is 7.80. The number of fused-ring (bicyclic) bond motifs is 2. The maximum Gasteiger partial charge on any atom is 0.338 e. The molecule has 5 saturated carbocycles. The Morgan fingerprint density at radius 1 is 0.978 bits per heavy atom. The molecule has 6 aliphatic rings. The van der Waals surface area contributed by atoms with Gasteiger partial charge in [0.1, 0.15) is 17.5 Å². The van der Waals surface area contributed by atoms with Crippen LogP contribution in [0.4, 0.5) is 0 Å². The van der Waals surface area contributed by atoms with Crippen molar-refractivity contribution in [1.29, 1.82) is 0 Å². The summed E-state index contributed by atoms with van der Waals surface area (Å²) < 4.78 is 44.1. The molecule has 1 aromatic carbocycles. The van der Waals surface area contributed by atoms with Crippen LogP contribution in [0, 0.1) is 40.4 Å². The van der Waals surface area contributed by atoms with Gasteiger partial charge in [0.15, 0.2) is 0 Å². The Morgan fingerprint density at radius 3 is 2.33 bits per heavy atom. The highest BCUT2D eigenvalue weighted by Crippen LogP contribution is 2.80. The van der Waals surface area contributed by atoms with E-state index >= 15 is 0 Å². The maximum atomic E-state index is 13.8. The van der Waals surface area contributed by atoms with Gasteiger partial charge in [0.05, 0.1) is 37.6 Å². The Hall–Kier alpha value is -2.24. The molecule has 0 amide bonds. The molecule has 0 radical (unpaired) electrons. The molecule has 1 aliphatic heterocycles. The van der Waals surface area contributed by atoms with Crippen LogP contribution in [-0.2, 0) is 33.2 Å². The van der Waals surface area contributed by atoms with Crippen LogP contribution in [0.1, 0.15) is 49.9 Å². The second kappa shape index (κ2) is 11.2. The lowest BCUT2D eigenvalue weighted by molar-refractivity contribution is -0.280. The van der Waals surface area contributed by atoms with Gasteiger partial charge >= 0.3 is 11.9 Å². The van der Waals surface area contributed by atoms with Crippen molar-refractivity contribution in [2.75, 3.05) is 55.2 Å². The highest BCUT2D eigenvalue weighted by Gasteiger charge is 2.88. The summed E-state index contributed by atoms with van der Waals surface area (Å²) in [6.07, 6.45) is 2.27. The Morgan fingerprint density at radius 2 is 1.73 bits per heavy atom. The lowest BCUT2D eigenvalue weighted by Gasteiger charge is -2.69. The number of carbonyl (C=O) groups is 2. The second-order valence-corrected chi connectivity index (χ2v) is 14.4. The van der Waals surface area contributed by atoms with E-state index < -0.39 is 17.7 Å². The molecule has 13 atom stereocenters. The molecule has 1 heterocycles. The van der Waals surface area contributed by atoms with Crippen LogP contribution in [-0.4, -0.2) is 108 Å². The SMILES string of the molecule is CCN1C[C@]2(COC)CC[C@H](OC)C34C1C([C@H](OC)[C@H]32)[C@@]1(OC(C)=O)C[C@H](OC)[C@H]2C[C@@H]4[C@@H]1[C@H]2OC(=O)c1ccc(OC)cc1. The molecule has 6 fully saturated rings. The van der Waals surface area contributed by atoms with Crippen molar-refractivity contribution in [3.05, 3.63) is 29.8 Å². The summed E-state index contributed by atoms with van der Waals surface area (Å²) in [6, 6.07) is 7.07. The van der Waals surface area contributed by atoms with Gasteiger partial charge in [0, 0.05) is 88.9 Å². The normalized spacial score (nSPS) is 45.7. The fraction of sp³-hybridized carbons (Fsp3) is 0.771. The standard InChI is InChI=1S/C35H49NO9/c1-8-36-17-33(18-39-3)14-13-25(42-6)35-23-15-22-24(41-5)16-34(45-19(2)37,27(31(35)36)29(43-7)30(33)35)26(23)28(22)44-32(38)20-9-11-21(40-4)12-10-20/h9-12,22-31H,8,13-18H2,1-7H3/t22-,23-,24+,25+,26-,27?,28+,29+,30+,31?,33+,34-,35?/m1/s1. The lowest BCUT2D eigenvalue weighted by Crippen LogP contribution is -2.77. The largest absolute Gasteiger partial charge is 0.497 e. The Bertz CT molecular complexity index is 1310. The molecule has 0 aromatic heterocycles. The molecule has 45 heavy (non-hydrogen) atoms. The second-order valence-electron chi connectivity index (χ2n) is 14.4. The minimum atomic E-state index is -0.947. The van der Waals surface area contributed by atoms with E-state index in [1.807, 2.05) is 14.2 Å². The number of piperidine rings is 1. The van der Waals surface area contributed by atoms with Crippen molar-refractivity contribution < 1.29 is 42.7 Å². The third-order valence-electron chi connectivity index (χ3n) is 13.2. The van der Waals surface area contributed by atoms with Crippen LogP contribution in [0.25, 0.3) is 0 Å². The monoisotopic (exact) mass is 627 g/mol. The predicted molar refractivity (Wildman–Crippen MR) is 163 cm³/mol. The number of nitrogens with zero attached hydrogens (tertiary/aromatic N) is 1. The van der Waals surface area contributed by atoms with Gasteiger partial charge in [-0.05, 0) is 56.0 Å². The first-order chi connectivity index (χ1) is 21.7. The maximum absolute atomic E-state index is 13.8. The molecular weight excluding hydrogens is 578 g/mol. The Labute approximate surface area is 266 Å². The zero-order valence-corrected chi connectivity index (χ0v) is 27.7. The quantitative estimate of drug-likeness (QED) is 0.358. The van der Waals surface area contributed by atoms with Crippen LogP contribution in [0.5, 0.6) is 5.75 Å². The number of hydrogen-bond acceptors (Lipinski definition) is 10. The van der Waals surface area contributed by atoms with Gasteiger partial charge < -0.3 is 33.2 Å². The fourth-order valence-corrected chi connectivity index (χ4v) is 12.4. The predicted octanol–water partition coefficient (Wildman–Crippen LogP) is 3.60. The first kappa shape index (κ1) is 31.4. The number of ether oxygens (including phenoxy) is 7. The highest BCUT2D eigenvalue weighted by molar-refractivity contribution is 5.89. The zero-order chi connectivity index (χ0) is 31.9. The summed E-state index contributed by atoms with van der Waals surface area (Å²) in [4.78, 5) is 29.7. The Balaban J connectivity index is 1.43. The summed E-state index contributed by atoms with van der Waals surface area (Å²) in [5.41, 5.74) is -0.937. The van der Waals surface area contributed by atoms with Gasteiger partial charge in [-0.25, -0.2) is 4.79 Å². The minimum Gasteiger partial charge on any atom is -0.497 e. The summed E-state index contributed by atoms with van der Waals surface area (Å²) in [7, 11) is 8.77. The molecule has 7 rings (SSSR count). The number of hydrogen-bond donors (Lipinski definition) is 0. The fourth-order valence-electron chi connectivity index (χ4n) is 12.4. The van der Waals surface area contributed by atoms with Gasteiger partial charge in [-0.15, -0.1) is 0 Å². The zero-order valence-electron chi connectivity index (χ0n) is 27.7. The van der Waals surface area contributed by atoms with Crippen LogP contribution in [0.2, 0.25) is 0 Å². The van der Waals surface area contributed by atoms with Gasteiger partial charge in [0.25, 0.3) is 0 Å². The van der Waals surface area contributed by atoms with Gasteiger partial charge in [0.2, 0.25) is 0 Å². The van der Waals surface area contributed by atoms with E-state index in [4.69, 9.17) is 33.2 Å². The first-order valence-electron chi connectivity index (χ1n) is 16.6. The van der Waals surface area contributed by atoms with Crippen LogP contribution < -0.4 is 4.74 Å². The van der Waals surface area contributed by atoms with Crippen molar-refractivity contribution in [2.45, 2.75) is 75.6 Å². The summed E-state index contributed by atoms with van der Waals surface area (Å²) in [5.74, 6) is -0.299. The molecule has 1 saturated heterocycles. The number of methoxy groups -OCH3 is 5. The number of likely N-dealkylation sites (tertiary alicyclic amines) is 1. The minimum absolute atomic E-state index is 0.0203. The molecule has 5 aliphatic carbocycles. The van der Waals surface area contributed by atoms with E-state index in [9.17, 15) is 9.59 Å². The van der Waals surface area contributed by atoms with Gasteiger partial charge in [-0.2, -0.15) is 0 Å². The van der Waals surface area contributed by atoms with Gasteiger partial charge in [-0.3, -0.25) is 9.69 Å². The molecule has 0 N–H and O–H groups in total. The molecule has 10 nitrogen and oxygen atoms in total. The summed E-state index contributed by atoms with van der Waals surface area (Å²) in [5, 5.41) is 0.